The number of aryl methyl sites for hydroxylation is 2. The topological polar surface area (TPSA) is 65.8 Å². The molecule has 2 spiro atoms. The van der Waals surface area contributed by atoms with E-state index in [0.29, 0.717) is 30.3 Å². The minimum absolute atomic E-state index is 0.0133. The predicted molar refractivity (Wildman–Crippen MR) is 107 cm³/mol. The van der Waals surface area contributed by atoms with E-state index in [2.05, 4.69) is 24.1 Å². The minimum atomic E-state index is -0.279. The van der Waals surface area contributed by atoms with Gasteiger partial charge in [-0.1, -0.05) is 13.8 Å². The largest absolute Gasteiger partial charge is 0.466 e. The molecule has 0 radical (unpaired) electrons. The number of carbonyl (C=O) groups excluding carboxylic acids is 2. The highest BCUT2D eigenvalue weighted by Crippen LogP contribution is 2.56. The molecular weight excluding hydrogens is 354 g/mol. The van der Waals surface area contributed by atoms with E-state index >= 15 is 0 Å². The number of hydrogen-bond acceptors (Lipinski definition) is 4. The monoisotopic (exact) mass is 387 g/mol. The third-order valence-electron chi connectivity index (χ3n) is 7.21. The van der Waals surface area contributed by atoms with Gasteiger partial charge in [-0.2, -0.15) is 0 Å². The highest BCUT2D eigenvalue weighted by molar-refractivity contribution is 5.95. The molecule has 0 aromatic carbocycles. The Bertz CT molecular complexity index is 776. The molecule has 3 aliphatic rings. The van der Waals surface area contributed by atoms with Crippen LogP contribution in [0.5, 0.6) is 0 Å². The van der Waals surface area contributed by atoms with Crippen LogP contribution in [-0.2, 0) is 4.79 Å². The third-order valence-corrected chi connectivity index (χ3v) is 7.21. The van der Waals surface area contributed by atoms with Gasteiger partial charge in [-0.15, -0.1) is 0 Å². The molecule has 6 heteroatoms. The van der Waals surface area contributed by atoms with E-state index in [0.717, 1.165) is 51.2 Å². The number of hydrogen-bond donors (Lipinski definition) is 1. The Morgan fingerprint density at radius 3 is 2.46 bits per heavy atom. The van der Waals surface area contributed by atoms with E-state index in [9.17, 15) is 9.59 Å². The van der Waals surface area contributed by atoms with Crippen molar-refractivity contribution >= 4 is 11.8 Å². The lowest BCUT2D eigenvalue weighted by molar-refractivity contribution is -0.133. The lowest BCUT2D eigenvalue weighted by atomic mass is 9.60. The van der Waals surface area contributed by atoms with Crippen LogP contribution in [0.2, 0.25) is 0 Å². The maximum absolute atomic E-state index is 13.0. The molecular formula is C22H33N3O3. The Kier molecular flexibility index (Phi) is 4.81. The third kappa shape index (κ3) is 2.97. The molecule has 1 aromatic heterocycles. The Morgan fingerprint density at radius 2 is 1.93 bits per heavy atom. The second kappa shape index (κ2) is 6.90. The van der Waals surface area contributed by atoms with Gasteiger partial charge in [0, 0.05) is 44.7 Å². The van der Waals surface area contributed by atoms with E-state index in [4.69, 9.17) is 4.42 Å². The van der Waals surface area contributed by atoms with Crippen molar-refractivity contribution in [2.75, 3.05) is 39.3 Å². The summed E-state index contributed by atoms with van der Waals surface area (Å²) < 4.78 is 5.55. The van der Waals surface area contributed by atoms with Gasteiger partial charge in [-0.05, 0) is 45.1 Å². The summed E-state index contributed by atoms with van der Waals surface area (Å²) >= 11 is 0. The summed E-state index contributed by atoms with van der Waals surface area (Å²) in [7, 11) is 0. The molecule has 28 heavy (non-hydrogen) atoms. The molecule has 3 aliphatic heterocycles. The second-order valence-electron chi connectivity index (χ2n) is 9.55. The molecule has 1 N–H and O–H groups in total. The van der Waals surface area contributed by atoms with Crippen molar-refractivity contribution in [3.8, 4) is 0 Å². The van der Waals surface area contributed by atoms with Crippen molar-refractivity contribution in [1.82, 2.24) is 15.1 Å². The van der Waals surface area contributed by atoms with Gasteiger partial charge in [-0.3, -0.25) is 9.59 Å². The summed E-state index contributed by atoms with van der Waals surface area (Å²) in [6, 6.07) is 1.84. The quantitative estimate of drug-likeness (QED) is 0.866. The zero-order chi connectivity index (χ0) is 20.1. The van der Waals surface area contributed by atoms with Crippen molar-refractivity contribution < 1.29 is 14.0 Å². The van der Waals surface area contributed by atoms with E-state index in [1.165, 1.54) is 0 Å². The Balaban J connectivity index is 1.53. The first-order valence-corrected chi connectivity index (χ1v) is 10.6. The van der Waals surface area contributed by atoms with Crippen molar-refractivity contribution in [2.24, 2.45) is 16.7 Å². The van der Waals surface area contributed by atoms with Crippen LogP contribution in [0.4, 0.5) is 0 Å². The fourth-order valence-electron chi connectivity index (χ4n) is 5.95. The summed E-state index contributed by atoms with van der Waals surface area (Å²) in [5.41, 5.74) is 0.384. The molecule has 0 aliphatic carbocycles. The van der Waals surface area contributed by atoms with Gasteiger partial charge in [0.05, 0.1) is 11.0 Å². The van der Waals surface area contributed by atoms with Crippen LogP contribution in [0.25, 0.3) is 0 Å². The van der Waals surface area contributed by atoms with Crippen molar-refractivity contribution in [3.63, 3.8) is 0 Å². The molecule has 1 unspecified atom stereocenters. The standard InChI is InChI=1S/C22H33N3O3/c1-15(2)12-24-13-21(22(14-24)5-8-23-20(22)27)6-9-25(10-7-21)19(26)18-11-16(3)28-17(18)4/h11,15H,5-10,12-14H2,1-4H3,(H,23,27). The van der Waals surface area contributed by atoms with Gasteiger partial charge in [-0.25, -0.2) is 0 Å². The summed E-state index contributed by atoms with van der Waals surface area (Å²) in [6.45, 7) is 13.3. The van der Waals surface area contributed by atoms with Crippen LogP contribution in [0, 0.1) is 30.6 Å². The zero-order valence-electron chi connectivity index (χ0n) is 17.6. The molecule has 3 fully saturated rings. The Labute approximate surface area is 167 Å². The van der Waals surface area contributed by atoms with Crippen molar-refractivity contribution in [3.05, 3.63) is 23.2 Å². The smallest absolute Gasteiger partial charge is 0.257 e. The number of nitrogens with zero attached hydrogens (tertiary/aromatic N) is 2. The first-order chi connectivity index (χ1) is 13.3. The zero-order valence-corrected chi connectivity index (χ0v) is 17.6. The predicted octanol–water partition coefficient (Wildman–Crippen LogP) is 2.60. The maximum atomic E-state index is 13.0. The van der Waals surface area contributed by atoms with Crippen LogP contribution in [0.15, 0.2) is 10.5 Å². The van der Waals surface area contributed by atoms with E-state index < -0.39 is 0 Å². The average Bonchev–Trinajstić information content (AvgIpc) is 3.25. The van der Waals surface area contributed by atoms with Gasteiger partial charge in [0.2, 0.25) is 5.91 Å². The average molecular weight is 388 g/mol. The van der Waals surface area contributed by atoms with Gasteiger partial charge in [0.25, 0.3) is 5.91 Å². The first-order valence-electron chi connectivity index (χ1n) is 10.6. The van der Waals surface area contributed by atoms with E-state index in [-0.39, 0.29) is 22.6 Å². The molecule has 6 nitrogen and oxygen atoms in total. The molecule has 0 bridgehead atoms. The van der Waals surface area contributed by atoms with Crippen molar-refractivity contribution in [1.29, 1.82) is 0 Å². The van der Waals surface area contributed by atoms with Crippen LogP contribution >= 0.6 is 0 Å². The Morgan fingerprint density at radius 1 is 1.21 bits per heavy atom. The number of amides is 2. The van der Waals surface area contributed by atoms with E-state index in [1.54, 1.807) is 0 Å². The van der Waals surface area contributed by atoms with Crippen LogP contribution < -0.4 is 5.32 Å². The van der Waals surface area contributed by atoms with Gasteiger partial charge in [0.15, 0.2) is 0 Å². The first kappa shape index (κ1) is 19.5. The summed E-state index contributed by atoms with van der Waals surface area (Å²) in [4.78, 5) is 30.4. The van der Waals surface area contributed by atoms with Gasteiger partial charge >= 0.3 is 0 Å². The molecule has 0 saturated carbocycles. The van der Waals surface area contributed by atoms with Gasteiger partial charge in [0.1, 0.15) is 11.5 Å². The fourth-order valence-corrected chi connectivity index (χ4v) is 5.95. The van der Waals surface area contributed by atoms with Crippen LogP contribution in [0.3, 0.4) is 0 Å². The number of carbonyl (C=O) groups is 2. The number of nitrogens with one attached hydrogen (secondary N) is 1. The van der Waals surface area contributed by atoms with Crippen molar-refractivity contribution in [2.45, 2.75) is 47.0 Å². The summed E-state index contributed by atoms with van der Waals surface area (Å²) in [6.07, 6.45) is 2.72. The lowest BCUT2D eigenvalue weighted by Gasteiger charge is -2.46. The highest BCUT2D eigenvalue weighted by atomic mass is 16.3. The second-order valence-corrected chi connectivity index (χ2v) is 9.55. The lowest BCUT2D eigenvalue weighted by Crippen LogP contribution is -2.53. The van der Waals surface area contributed by atoms with Crippen LogP contribution in [-0.4, -0.2) is 60.9 Å². The number of fused-ring (bicyclic) bond motifs is 1. The van der Waals surface area contributed by atoms with E-state index in [1.807, 2.05) is 24.8 Å². The minimum Gasteiger partial charge on any atom is -0.466 e. The summed E-state index contributed by atoms with van der Waals surface area (Å²) in [5, 5.41) is 3.11. The summed E-state index contributed by atoms with van der Waals surface area (Å²) in [5.74, 6) is 2.35. The molecule has 4 rings (SSSR count). The molecule has 3 saturated heterocycles. The fraction of sp³-hybridized carbons (Fsp3) is 0.727. The number of likely N-dealkylation sites (tertiary alicyclic amines) is 2. The number of rotatable bonds is 3. The molecule has 2 amide bonds. The molecule has 154 valence electrons. The van der Waals surface area contributed by atoms with Gasteiger partial charge < -0.3 is 19.5 Å². The maximum Gasteiger partial charge on any atom is 0.257 e. The molecule has 4 heterocycles. The highest BCUT2D eigenvalue weighted by Gasteiger charge is 2.63. The number of piperidine rings is 1. The number of furan rings is 1. The molecule has 1 aromatic rings. The Hall–Kier alpha value is -1.82. The SMILES string of the molecule is Cc1cc(C(=O)N2CCC3(CC2)CN(CC(C)C)CC32CCNC2=O)c(C)o1. The normalized spacial score (nSPS) is 27.3. The van der Waals surface area contributed by atoms with Crippen LogP contribution in [0.1, 0.15) is 55.0 Å². The molecule has 1 atom stereocenters.